The van der Waals surface area contributed by atoms with E-state index in [2.05, 4.69) is 9.97 Å². The molecule has 5 heteroatoms. The molecule has 0 amide bonds. The van der Waals surface area contributed by atoms with Crippen molar-refractivity contribution < 1.29 is 0 Å². The molecule has 0 saturated heterocycles. The number of nitrogens with one attached hydrogen (secondary N) is 1. The number of aromatic nitrogens is 2. The van der Waals surface area contributed by atoms with Gasteiger partial charge in [-0.2, -0.15) is 0 Å². The number of nitrogens with zero attached hydrogens (tertiary/aromatic N) is 1. The van der Waals surface area contributed by atoms with Crippen LogP contribution in [0.1, 0.15) is 18.1 Å². The number of halogens is 2. The topological polar surface area (TPSA) is 45.8 Å². The fourth-order valence-corrected chi connectivity index (χ4v) is 1.59. The van der Waals surface area contributed by atoms with Crippen molar-refractivity contribution in [2.24, 2.45) is 0 Å². The van der Waals surface area contributed by atoms with Crippen molar-refractivity contribution >= 4 is 34.1 Å². The van der Waals surface area contributed by atoms with E-state index in [0.29, 0.717) is 21.7 Å². The number of fused-ring (bicyclic) bond motifs is 1. The predicted molar refractivity (Wildman–Crippen MR) is 61.6 cm³/mol. The molecule has 3 nitrogen and oxygen atoms in total. The molecule has 0 spiro atoms. The van der Waals surface area contributed by atoms with E-state index in [9.17, 15) is 4.79 Å². The summed E-state index contributed by atoms with van der Waals surface area (Å²) in [6.07, 6.45) is 0. The number of hydrogen-bond acceptors (Lipinski definition) is 2. The molecule has 0 aliphatic carbocycles. The second kappa shape index (κ2) is 3.83. The summed E-state index contributed by atoms with van der Waals surface area (Å²) in [6.45, 7) is 1.75. The predicted octanol–water partition coefficient (Wildman–Crippen LogP) is 2.88. The molecule has 2 rings (SSSR count). The minimum absolute atomic E-state index is 0.195. The summed E-state index contributed by atoms with van der Waals surface area (Å²) in [6, 6.07) is 4.95. The van der Waals surface area contributed by atoms with Gasteiger partial charge in [0, 0.05) is 5.02 Å². The molecule has 1 atom stereocenters. The largest absolute Gasteiger partial charge is 0.309 e. The number of aromatic amines is 1. The molecule has 0 unspecified atom stereocenters. The number of benzene rings is 1. The molecule has 0 bridgehead atoms. The average Bonchev–Trinajstić information content (AvgIpc) is 2.16. The number of H-pyrrole nitrogens is 1. The van der Waals surface area contributed by atoms with Crippen LogP contribution in [0.15, 0.2) is 23.0 Å². The lowest BCUT2D eigenvalue weighted by atomic mass is 10.2. The summed E-state index contributed by atoms with van der Waals surface area (Å²) in [7, 11) is 0. The summed E-state index contributed by atoms with van der Waals surface area (Å²) in [5.41, 5.74) is 0.368. The van der Waals surface area contributed by atoms with Gasteiger partial charge in [0.1, 0.15) is 5.82 Å². The van der Waals surface area contributed by atoms with Crippen molar-refractivity contribution in [2.75, 3.05) is 0 Å². The Kier molecular flexibility index (Phi) is 2.67. The summed E-state index contributed by atoms with van der Waals surface area (Å²) >= 11 is 11.7. The first-order chi connectivity index (χ1) is 7.08. The molecule has 0 aliphatic heterocycles. The van der Waals surface area contributed by atoms with Crippen molar-refractivity contribution in [2.45, 2.75) is 12.3 Å². The highest BCUT2D eigenvalue weighted by Crippen LogP contribution is 2.18. The van der Waals surface area contributed by atoms with Crippen molar-refractivity contribution in [3.63, 3.8) is 0 Å². The van der Waals surface area contributed by atoms with E-state index in [-0.39, 0.29) is 10.9 Å². The molecule has 1 aromatic heterocycles. The zero-order valence-corrected chi connectivity index (χ0v) is 9.43. The van der Waals surface area contributed by atoms with Crippen molar-refractivity contribution in [1.82, 2.24) is 9.97 Å². The molecule has 0 saturated carbocycles. The van der Waals surface area contributed by atoms with Gasteiger partial charge >= 0.3 is 0 Å². The van der Waals surface area contributed by atoms with Gasteiger partial charge in [0.15, 0.2) is 0 Å². The highest BCUT2D eigenvalue weighted by atomic mass is 35.5. The average molecular weight is 243 g/mol. The van der Waals surface area contributed by atoms with Gasteiger partial charge < -0.3 is 4.98 Å². The number of hydrogen-bond donors (Lipinski definition) is 1. The van der Waals surface area contributed by atoms with Gasteiger partial charge in [0.2, 0.25) is 0 Å². The smallest absolute Gasteiger partial charge is 0.258 e. The van der Waals surface area contributed by atoms with Gasteiger partial charge in [-0.05, 0) is 25.1 Å². The van der Waals surface area contributed by atoms with Gasteiger partial charge in [-0.3, -0.25) is 4.79 Å². The molecule has 0 radical (unpaired) electrons. The Labute approximate surface area is 96.1 Å². The maximum atomic E-state index is 11.6. The Hall–Kier alpha value is -1.06. The highest BCUT2D eigenvalue weighted by Gasteiger charge is 2.08. The van der Waals surface area contributed by atoms with Crippen LogP contribution < -0.4 is 5.56 Å². The van der Waals surface area contributed by atoms with E-state index in [1.807, 2.05) is 0 Å². The summed E-state index contributed by atoms with van der Waals surface area (Å²) in [4.78, 5) is 18.5. The summed E-state index contributed by atoms with van der Waals surface area (Å²) in [5, 5.41) is 0.732. The molecule has 0 fully saturated rings. The van der Waals surface area contributed by atoms with Crippen molar-refractivity contribution in [3.05, 3.63) is 39.4 Å². The fourth-order valence-electron chi connectivity index (χ4n) is 1.32. The molecule has 2 aromatic rings. The van der Waals surface area contributed by atoms with Gasteiger partial charge in [-0.25, -0.2) is 4.98 Å². The number of rotatable bonds is 1. The van der Waals surface area contributed by atoms with Gasteiger partial charge in [0.25, 0.3) is 5.56 Å². The Bertz CT molecular complexity index is 563. The van der Waals surface area contributed by atoms with Crippen LogP contribution in [0.5, 0.6) is 0 Å². The Morgan fingerprint density at radius 3 is 2.87 bits per heavy atom. The second-order valence-corrected chi connectivity index (χ2v) is 4.32. The van der Waals surface area contributed by atoms with Crippen LogP contribution in [0.2, 0.25) is 5.02 Å². The van der Waals surface area contributed by atoms with E-state index in [1.165, 1.54) is 0 Å². The Morgan fingerprint density at radius 2 is 2.20 bits per heavy atom. The van der Waals surface area contributed by atoms with E-state index in [1.54, 1.807) is 25.1 Å². The molecule has 15 heavy (non-hydrogen) atoms. The molecule has 0 aliphatic rings. The Balaban J connectivity index is 2.80. The first kappa shape index (κ1) is 10.5. The molecule has 1 aromatic carbocycles. The third-order valence-electron chi connectivity index (χ3n) is 2.06. The summed E-state index contributed by atoms with van der Waals surface area (Å²) < 4.78 is 0. The van der Waals surface area contributed by atoms with E-state index in [0.717, 1.165) is 0 Å². The van der Waals surface area contributed by atoms with Gasteiger partial charge in [-0.15, -0.1) is 11.6 Å². The van der Waals surface area contributed by atoms with E-state index in [4.69, 9.17) is 23.2 Å². The monoisotopic (exact) mass is 242 g/mol. The van der Waals surface area contributed by atoms with Crippen LogP contribution in [0.4, 0.5) is 0 Å². The molecule has 1 heterocycles. The lowest BCUT2D eigenvalue weighted by Gasteiger charge is -2.04. The SMILES string of the molecule is C[C@H](Cl)c1nc2cc(Cl)ccc2c(=O)[nH]1. The molecular formula is C10H8Cl2N2O. The maximum Gasteiger partial charge on any atom is 0.258 e. The highest BCUT2D eigenvalue weighted by molar-refractivity contribution is 6.31. The first-order valence-electron chi connectivity index (χ1n) is 4.41. The van der Waals surface area contributed by atoms with Crippen LogP contribution >= 0.6 is 23.2 Å². The fraction of sp³-hybridized carbons (Fsp3) is 0.200. The Morgan fingerprint density at radius 1 is 1.47 bits per heavy atom. The van der Waals surface area contributed by atoms with Crippen LogP contribution in [-0.2, 0) is 0 Å². The third kappa shape index (κ3) is 1.98. The minimum Gasteiger partial charge on any atom is -0.309 e. The van der Waals surface area contributed by atoms with Gasteiger partial charge in [-0.1, -0.05) is 11.6 Å². The first-order valence-corrected chi connectivity index (χ1v) is 5.23. The quantitative estimate of drug-likeness (QED) is 0.782. The molecule has 1 N–H and O–H groups in total. The maximum absolute atomic E-state index is 11.6. The third-order valence-corrected chi connectivity index (χ3v) is 2.51. The minimum atomic E-state index is -0.332. The normalized spacial score (nSPS) is 13.0. The zero-order valence-electron chi connectivity index (χ0n) is 7.92. The molecular weight excluding hydrogens is 235 g/mol. The van der Waals surface area contributed by atoms with E-state index < -0.39 is 0 Å². The number of alkyl halides is 1. The van der Waals surface area contributed by atoms with Crippen molar-refractivity contribution in [1.29, 1.82) is 0 Å². The molecule has 78 valence electrons. The van der Waals surface area contributed by atoms with Crippen molar-refractivity contribution in [3.8, 4) is 0 Å². The van der Waals surface area contributed by atoms with Crippen LogP contribution in [0.25, 0.3) is 10.9 Å². The van der Waals surface area contributed by atoms with Crippen LogP contribution in [-0.4, -0.2) is 9.97 Å². The zero-order chi connectivity index (χ0) is 11.0. The van der Waals surface area contributed by atoms with Gasteiger partial charge in [0.05, 0.1) is 16.3 Å². The lowest BCUT2D eigenvalue weighted by Crippen LogP contribution is -2.12. The summed E-state index contributed by atoms with van der Waals surface area (Å²) in [5.74, 6) is 0.455. The van der Waals surface area contributed by atoms with Crippen LogP contribution in [0.3, 0.4) is 0 Å². The standard InChI is InChI=1S/C10H8Cl2N2O/c1-5(11)9-13-8-4-6(12)2-3-7(8)10(15)14-9/h2-5H,1H3,(H,13,14,15)/t5-/m0/s1. The lowest BCUT2D eigenvalue weighted by molar-refractivity contribution is 0.914. The second-order valence-electron chi connectivity index (χ2n) is 3.23. The van der Waals surface area contributed by atoms with Crippen LogP contribution in [0, 0.1) is 0 Å². The van der Waals surface area contributed by atoms with E-state index >= 15 is 0 Å².